The first-order valence-corrected chi connectivity index (χ1v) is 8.64. The number of urea groups is 1. The molecule has 0 heterocycles. The van der Waals surface area contributed by atoms with Crippen molar-refractivity contribution in [3.8, 4) is 11.5 Å². The maximum Gasteiger partial charge on any atom is 0.319 e. The monoisotopic (exact) mass is 340 g/mol. The van der Waals surface area contributed by atoms with E-state index in [0.29, 0.717) is 12.5 Å². The van der Waals surface area contributed by atoms with E-state index in [1.54, 1.807) is 7.11 Å². The summed E-state index contributed by atoms with van der Waals surface area (Å²) in [6, 6.07) is 15.1. The fourth-order valence-electron chi connectivity index (χ4n) is 2.82. The van der Waals surface area contributed by atoms with Gasteiger partial charge in [-0.25, -0.2) is 4.79 Å². The van der Waals surface area contributed by atoms with Crippen molar-refractivity contribution < 1.29 is 14.3 Å². The molecule has 5 heteroatoms. The maximum absolute atomic E-state index is 12.4. The van der Waals surface area contributed by atoms with Crippen molar-refractivity contribution in [3.63, 3.8) is 0 Å². The summed E-state index contributed by atoms with van der Waals surface area (Å²) < 4.78 is 10.6. The van der Waals surface area contributed by atoms with Gasteiger partial charge in [0, 0.05) is 5.69 Å². The van der Waals surface area contributed by atoms with Crippen molar-refractivity contribution in [2.24, 2.45) is 5.92 Å². The van der Waals surface area contributed by atoms with Crippen LogP contribution in [0.1, 0.15) is 31.4 Å². The molecule has 2 N–H and O–H groups in total. The molecule has 132 valence electrons. The minimum Gasteiger partial charge on any atom is -0.497 e. The van der Waals surface area contributed by atoms with Gasteiger partial charge in [-0.1, -0.05) is 12.1 Å². The summed E-state index contributed by atoms with van der Waals surface area (Å²) in [6.07, 6.45) is 2.28. The Kier molecular flexibility index (Phi) is 5.43. The molecule has 1 aliphatic rings. The summed E-state index contributed by atoms with van der Waals surface area (Å²) in [5.41, 5.74) is 1.84. The molecule has 0 aromatic heterocycles. The molecular weight excluding hydrogens is 316 g/mol. The van der Waals surface area contributed by atoms with Gasteiger partial charge < -0.3 is 20.1 Å². The molecule has 1 aliphatic carbocycles. The van der Waals surface area contributed by atoms with Crippen LogP contribution in [0.2, 0.25) is 0 Å². The number of nitrogens with one attached hydrogen (secondary N) is 2. The Bertz CT molecular complexity index is 694. The molecule has 0 aliphatic heterocycles. The van der Waals surface area contributed by atoms with Gasteiger partial charge in [0.2, 0.25) is 0 Å². The molecule has 0 saturated heterocycles. The third-order valence-corrected chi connectivity index (χ3v) is 4.28. The van der Waals surface area contributed by atoms with E-state index in [-0.39, 0.29) is 12.1 Å². The summed E-state index contributed by atoms with van der Waals surface area (Å²) in [4.78, 5) is 12.4. The standard InChI is InChI=1S/C20H24N2O3/c1-3-25-18-12-8-16(9-13-18)21-20(23)22-19(14-4-5-14)15-6-10-17(24-2)11-7-15/h6-14,19H,3-5H2,1-2H3,(H2,21,22,23). The third kappa shape index (κ3) is 4.66. The van der Waals surface area contributed by atoms with E-state index < -0.39 is 0 Å². The van der Waals surface area contributed by atoms with Crippen LogP contribution in [0.15, 0.2) is 48.5 Å². The van der Waals surface area contributed by atoms with Crippen LogP contribution in [0, 0.1) is 5.92 Å². The highest BCUT2D eigenvalue weighted by Gasteiger charge is 2.33. The highest BCUT2D eigenvalue weighted by atomic mass is 16.5. The fraction of sp³-hybridized carbons (Fsp3) is 0.350. The number of hydrogen-bond donors (Lipinski definition) is 2. The number of methoxy groups -OCH3 is 1. The van der Waals surface area contributed by atoms with Crippen LogP contribution in [-0.4, -0.2) is 19.7 Å². The van der Waals surface area contributed by atoms with Crippen LogP contribution in [0.4, 0.5) is 10.5 Å². The number of hydrogen-bond acceptors (Lipinski definition) is 3. The molecular formula is C20H24N2O3. The lowest BCUT2D eigenvalue weighted by molar-refractivity contribution is 0.247. The van der Waals surface area contributed by atoms with Crippen molar-refractivity contribution in [1.29, 1.82) is 0 Å². The third-order valence-electron chi connectivity index (χ3n) is 4.28. The number of anilines is 1. The molecule has 0 radical (unpaired) electrons. The lowest BCUT2D eigenvalue weighted by Gasteiger charge is -2.19. The van der Waals surface area contributed by atoms with E-state index in [0.717, 1.165) is 35.6 Å². The summed E-state index contributed by atoms with van der Waals surface area (Å²) >= 11 is 0. The van der Waals surface area contributed by atoms with Gasteiger partial charge in [-0.3, -0.25) is 0 Å². The summed E-state index contributed by atoms with van der Waals surface area (Å²) in [6.45, 7) is 2.56. The van der Waals surface area contributed by atoms with E-state index in [1.807, 2.05) is 55.5 Å². The fourth-order valence-corrected chi connectivity index (χ4v) is 2.82. The first-order chi connectivity index (χ1) is 12.2. The first kappa shape index (κ1) is 17.1. The Morgan fingerprint density at radius 3 is 2.28 bits per heavy atom. The first-order valence-electron chi connectivity index (χ1n) is 8.64. The van der Waals surface area contributed by atoms with Crippen LogP contribution in [0.5, 0.6) is 11.5 Å². The average molecular weight is 340 g/mol. The molecule has 25 heavy (non-hydrogen) atoms. The number of ether oxygens (including phenoxy) is 2. The number of rotatable bonds is 7. The molecule has 2 amide bonds. The largest absolute Gasteiger partial charge is 0.497 e. The molecule has 5 nitrogen and oxygen atoms in total. The van der Waals surface area contributed by atoms with Gasteiger partial charge >= 0.3 is 6.03 Å². The average Bonchev–Trinajstić information content (AvgIpc) is 3.47. The second kappa shape index (κ2) is 7.92. The van der Waals surface area contributed by atoms with Crippen LogP contribution in [0.3, 0.4) is 0 Å². The van der Waals surface area contributed by atoms with Crippen LogP contribution in [0.25, 0.3) is 0 Å². The van der Waals surface area contributed by atoms with Gasteiger partial charge in [0.15, 0.2) is 0 Å². The molecule has 1 saturated carbocycles. The minimum absolute atomic E-state index is 0.0219. The van der Waals surface area contributed by atoms with Crippen molar-refractivity contribution in [2.45, 2.75) is 25.8 Å². The number of benzene rings is 2. The van der Waals surface area contributed by atoms with Gasteiger partial charge in [-0.05, 0) is 67.6 Å². The van der Waals surface area contributed by atoms with E-state index in [2.05, 4.69) is 10.6 Å². The predicted octanol–water partition coefficient (Wildman–Crippen LogP) is 4.37. The normalized spacial score (nSPS) is 14.5. The van der Waals surface area contributed by atoms with Crippen LogP contribution < -0.4 is 20.1 Å². The van der Waals surface area contributed by atoms with Crippen molar-refractivity contribution in [3.05, 3.63) is 54.1 Å². The molecule has 0 bridgehead atoms. The Morgan fingerprint density at radius 2 is 1.72 bits per heavy atom. The van der Waals surface area contributed by atoms with E-state index >= 15 is 0 Å². The van der Waals surface area contributed by atoms with Gasteiger partial charge in [-0.2, -0.15) is 0 Å². The summed E-state index contributed by atoms with van der Waals surface area (Å²) in [5.74, 6) is 2.11. The zero-order chi connectivity index (χ0) is 17.6. The second-order valence-electron chi connectivity index (χ2n) is 6.14. The van der Waals surface area contributed by atoms with E-state index in [1.165, 1.54) is 0 Å². The summed E-state index contributed by atoms with van der Waals surface area (Å²) in [7, 11) is 1.65. The number of amides is 2. The lowest BCUT2D eigenvalue weighted by atomic mass is 10.0. The highest BCUT2D eigenvalue weighted by molar-refractivity contribution is 5.89. The maximum atomic E-state index is 12.4. The predicted molar refractivity (Wildman–Crippen MR) is 98.2 cm³/mol. The molecule has 0 spiro atoms. The number of carbonyl (C=O) groups is 1. The lowest BCUT2D eigenvalue weighted by Crippen LogP contribution is -2.33. The Labute approximate surface area is 148 Å². The van der Waals surface area contributed by atoms with Crippen molar-refractivity contribution in [2.75, 3.05) is 19.0 Å². The molecule has 2 aromatic rings. The van der Waals surface area contributed by atoms with Gasteiger partial charge in [0.25, 0.3) is 0 Å². The smallest absolute Gasteiger partial charge is 0.319 e. The number of carbonyl (C=O) groups excluding carboxylic acids is 1. The Balaban J connectivity index is 1.62. The van der Waals surface area contributed by atoms with E-state index in [4.69, 9.17) is 9.47 Å². The highest BCUT2D eigenvalue weighted by Crippen LogP contribution is 2.41. The van der Waals surface area contributed by atoms with E-state index in [9.17, 15) is 4.79 Å². The SMILES string of the molecule is CCOc1ccc(NC(=O)NC(c2ccc(OC)cc2)C2CC2)cc1. The molecule has 1 unspecified atom stereocenters. The van der Waals surface area contributed by atoms with Crippen molar-refractivity contribution >= 4 is 11.7 Å². The molecule has 2 aromatic carbocycles. The zero-order valence-corrected chi connectivity index (χ0v) is 14.6. The van der Waals surface area contributed by atoms with Crippen LogP contribution in [-0.2, 0) is 0 Å². The topological polar surface area (TPSA) is 59.6 Å². The Hall–Kier alpha value is -2.69. The zero-order valence-electron chi connectivity index (χ0n) is 14.6. The van der Waals surface area contributed by atoms with Crippen molar-refractivity contribution in [1.82, 2.24) is 5.32 Å². The van der Waals surface area contributed by atoms with Gasteiger partial charge in [-0.15, -0.1) is 0 Å². The minimum atomic E-state index is -0.197. The Morgan fingerprint density at radius 1 is 1.08 bits per heavy atom. The molecule has 3 rings (SSSR count). The second-order valence-corrected chi connectivity index (χ2v) is 6.14. The summed E-state index contributed by atoms with van der Waals surface area (Å²) in [5, 5.41) is 5.99. The quantitative estimate of drug-likeness (QED) is 0.787. The molecule has 1 atom stereocenters. The molecule has 1 fully saturated rings. The van der Waals surface area contributed by atoms with Crippen LogP contribution >= 0.6 is 0 Å². The van der Waals surface area contributed by atoms with Gasteiger partial charge in [0.05, 0.1) is 19.8 Å². The van der Waals surface area contributed by atoms with Gasteiger partial charge in [0.1, 0.15) is 11.5 Å².